The van der Waals surface area contributed by atoms with E-state index in [-0.39, 0.29) is 17.0 Å². The molecule has 0 unspecified atom stereocenters. The van der Waals surface area contributed by atoms with Gasteiger partial charge in [-0.05, 0) is 47.3 Å². The molecule has 9 heteroatoms. The van der Waals surface area contributed by atoms with Crippen LogP contribution in [0.4, 0.5) is 5.82 Å². The predicted octanol–water partition coefficient (Wildman–Crippen LogP) is 1.58. The molecule has 1 aliphatic carbocycles. The van der Waals surface area contributed by atoms with Crippen molar-refractivity contribution in [1.82, 2.24) is 14.5 Å². The molecule has 1 aliphatic rings. The summed E-state index contributed by atoms with van der Waals surface area (Å²) in [5.41, 5.74) is 14.0. The lowest BCUT2D eigenvalue weighted by molar-refractivity contribution is 0.0178. The maximum absolute atomic E-state index is 10.8. The Morgan fingerprint density at radius 1 is 1.25 bits per heavy atom. The first-order valence-electron chi connectivity index (χ1n) is 8.96. The number of nitrogens with zero attached hydrogens (tertiary/aromatic N) is 3. The molecule has 1 fully saturated rings. The van der Waals surface area contributed by atoms with E-state index in [9.17, 15) is 10.2 Å². The third kappa shape index (κ3) is 3.08. The number of nitrogen functional groups attached to an aromatic ring is 1. The van der Waals surface area contributed by atoms with E-state index >= 15 is 0 Å². The van der Waals surface area contributed by atoms with Crippen LogP contribution in [0.5, 0.6) is 5.75 Å². The van der Waals surface area contributed by atoms with Crippen molar-refractivity contribution >= 4 is 28.5 Å². The molecule has 0 spiro atoms. The molecule has 0 saturated heterocycles. The van der Waals surface area contributed by atoms with Gasteiger partial charge in [-0.3, -0.25) is 0 Å². The Kier molecular flexibility index (Phi) is 4.88. The molecular formula is C19H22ClN5O3. The maximum Gasteiger partial charge on any atom is 0.226 e. The molecule has 148 valence electrons. The zero-order chi connectivity index (χ0) is 20.0. The van der Waals surface area contributed by atoms with Crippen LogP contribution in [-0.2, 0) is 6.54 Å². The fourth-order valence-electron chi connectivity index (χ4n) is 4.05. The molecule has 2 heterocycles. The molecule has 4 rings (SSSR count). The number of aliphatic hydroxyl groups excluding tert-OH is 2. The van der Waals surface area contributed by atoms with E-state index < -0.39 is 18.2 Å². The van der Waals surface area contributed by atoms with Crippen LogP contribution in [-0.4, -0.2) is 44.1 Å². The second-order valence-corrected chi connectivity index (χ2v) is 7.39. The van der Waals surface area contributed by atoms with Gasteiger partial charge in [-0.25, -0.2) is 4.98 Å². The maximum atomic E-state index is 10.8. The lowest BCUT2D eigenvalue weighted by Crippen LogP contribution is -2.29. The van der Waals surface area contributed by atoms with Crippen molar-refractivity contribution in [3.05, 3.63) is 46.9 Å². The standard InChI is InChI=1S/C19H22ClN5O3/c1-28-11-5-9(8-21)4-10(6-11)13-7-14(16(27)15(13)26)25-3-2-12-17(22)23-19(20)24-18(12)25/h2-6,13-16,26-27H,7-8,21H2,1H3,(H2,22,23,24)/t13-,14-,15-,16+/m1/s1. The Bertz CT molecular complexity index is 1000. The van der Waals surface area contributed by atoms with Crippen molar-refractivity contribution in [1.29, 1.82) is 0 Å². The highest BCUT2D eigenvalue weighted by Crippen LogP contribution is 2.43. The first-order valence-corrected chi connectivity index (χ1v) is 9.34. The van der Waals surface area contributed by atoms with E-state index in [2.05, 4.69) is 9.97 Å². The number of benzene rings is 1. The fourth-order valence-corrected chi connectivity index (χ4v) is 4.22. The van der Waals surface area contributed by atoms with Crippen molar-refractivity contribution in [2.45, 2.75) is 37.1 Å². The van der Waals surface area contributed by atoms with Gasteiger partial charge in [0.25, 0.3) is 0 Å². The van der Waals surface area contributed by atoms with Gasteiger partial charge in [0.05, 0.1) is 24.6 Å². The molecule has 6 N–H and O–H groups in total. The number of fused-ring (bicyclic) bond motifs is 1. The molecule has 1 aromatic carbocycles. The summed E-state index contributed by atoms with van der Waals surface area (Å²) in [7, 11) is 1.59. The minimum Gasteiger partial charge on any atom is -0.497 e. The van der Waals surface area contributed by atoms with Gasteiger partial charge in [0.1, 0.15) is 23.3 Å². The van der Waals surface area contributed by atoms with Crippen LogP contribution in [0, 0.1) is 0 Å². The fraction of sp³-hybridized carbons (Fsp3) is 0.368. The zero-order valence-corrected chi connectivity index (χ0v) is 16.0. The molecule has 28 heavy (non-hydrogen) atoms. The van der Waals surface area contributed by atoms with E-state index in [0.29, 0.717) is 29.7 Å². The minimum atomic E-state index is -0.983. The lowest BCUT2D eigenvalue weighted by Gasteiger charge is -2.19. The van der Waals surface area contributed by atoms with Gasteiger partial charge in [-0.1, -0.05) is 6.07 Å². The Balaban J connectivity index is 1.73. The van der Waals surface area contributed by atoms with Gasteiger partial charge in [0.15, 0.2) is 0 Å². The van der Waals surface area contributed by atoms with Crippen molar-refractivity contribution in [3.63, 3.8) is 0 Å². The summed E-state index contributed by atoms with van der Waals surface area (Å²) < 4.78 is 7.15. The number of ether oxygens (including phenoxy) is 1. The van der Waals surface area contributed by atoms with Crippen LogP contribution in [0.25, 0.3) is 11.0 Å². The quantitative estimate of drug-likeness (QED) is 0.486. The summed E-state index contributed by atoms with van der Waals surface area (Å²) >= 11 is 5.96. The normalized spacial score (nSPS) is 24.8. The Morgan fingerprint density at radius 2 is 2.04 bits per heavy atom. The summed E-state index contributed by atoms with van der Waals surface area (Å²) in [5, 5.41) is 22.2. The molecule has 3 aromatic rings. The molecule has 0 amide bonds. The van der Waals surface area contributed by atoms with Gasteiger partial charge < -0.3 is 31.0 Å². The second kappa shape index (κ2) is 7.21. The van der Waals surface area contributed by atoms with Crippen LogP contribution in [0.15, 0.2) is 30.5 Å². The summed E-state index contributed by atoms with van der Waals surface area (Å²) in [5.74, 6) is 0.660. The Hall–Kier alpha value is -2.39. The minimum absolute atomic E-state index is 0.0370. The molecule has 4 atom stereocenters. The number of aromatic nitrogens is 3. The highest BCUT2D eigenvalue weighted by atomic mass is 35.5. The summed E-state index contributed by atoms with van der Waals surface area (Å²) in [6.07, 6.45) is 0.356. The summed E-state index contributed by atoms with van der Waals surface area (Å²) in [6, 6.07) is 7.06. The highest BCUT2D eigenvalue weighted by molar-refractivity contribution is 6.28. The van der Waals surface area contributed by atoms with Gasteiger partial charge >= 0.3 is 0 Å². The first-order chi connectivity index (χ1) is 13.4. The van der Waals surface area contributed by atoms with Gasteiger partial charge in [-0.15, -0.1) is 0 Å². The van der Waals surface area contributed by atoms with Crippen molar-refractivity contribution in [3.8, 4) is 5.75 Å². The zero-order valence-electron chi connectivity index (χ0n) is 15.3. The number of nitrogens with two attached hydrogens (primary N) is 2. The topological polar surface area (TPSA) is 132 Å². The molecule has 0 aliphatic heterocycles. The van der Waals surface area contributed by atoms with Gasteiger partial charge in [0, 0.05) is 18.7 Å². The number of aliphatic hydroxyl groups is 2. The monoisotopic (exact) mass is 403 g/mol. The van der Waals surface area contributed by atoms with E-state index in [0.717, 1.165) is 11.1 Å². The lowest BCUT2D eigenvalue weighted by atomic mass is 9.93. The molecule has 1 saturated carbocycles. The number of rotatable bonds is 4. The third-order valence-corrected chi connectivity index (χ3v) is 5.64. The van der Waals surface area contributed by atoms with E-state index in [1.165, 1.54) is 0 Å². The molecule has 0 bridgehead atoms. The van der Waals surface area contributed by atoms with Crippen LogP contribution in [0.1, 0.15) is 29.5 Å². The first kappa shape index (κ1) is 18.9. The number of anilines is 1. The van der Waals surface area contributed by atoms with Crippen LogP contribution in [0.2, 0.25) is 5.28 Å². The predicted molar refractivity (Wildman–Crippen MR) is 106 cm³/mol. The SMILES string of the molecule is COc1cc(CN)cc([C@H]2C[C@@H](n3ccc4c(N)nc(Cl)nc43)[C@H](O)[C@@H]2O)c1. The number of hydrogen-bond donors (Lipinski definition) is 4. The van der Waals surface area contributed by atoms with Gasteiger partial charge in [-0.2, -0.15) is 4.98 Å². The second-order valence-electron chi connectivity index (χ2n) is 7.05. The molecular weight excluding hydrogens is 382 g/mol. The van der Waals surface area contributed by atoms with Crippen molar-refractivity contribution in [2.24, 2.45) is 5.73 Å². The average Bonchev–Trinajstić information content (AvgIpc) is 3.23. The van der Waals surface area contributed by atoms with E-state index in [4.69, 9.17) is 27.8 Å². The number of halogens is 1. The van der Waals surface area contributed by atoms with Crippen molar-refractivity contribution in [2.75, 3.05) is 12.8 Å². The molecule has 0 radical (unpaired) electrons. The Morgan fingerprint density at radius 3 is 2.75 bits per heavy atom. The summed E-state index contributed by atoms with van der Waals surface area (Å²) in [6.45, 7) is 0.357. The number of methoxy groups -OCH3 is 1. The van der Waals surface area contributed by atoms with Crippen LogP contribution in [0.3, 0.4) is 0 Å². The van der Waals surface area contributed by atoms with Gasteiger partial charge in [0.2, 0.25) is 5.28 Å². The molecule has 2 aromatic heterocycles. The highest BCUT2D eigenvalue weighted by Gasteiger charge is 2.43. The van der Waals surface area contributed by atoms with E-state index in [1.54, 1.807) is 23.9 Å². The van der Waals surface area contributed by atoms with Crippen LogP contribution >= 0.6 is 11.6 Å². The third-order valence-electron chi connectivity index (χ3n) is 5.47. The molecule has 8 nitrogen and oxygen atoms in total. The summed E-state index contributed by atoms with van der Waals surface area (Å²) in [4.78, 5) is 8.22. The smallest absolute Gasteiger partial charge is 0.226 e. The van der Waals surface area contributed by atoms with Crippen molar-refractivity contribution < 1.29 is 14.9 Å². The largest absolute Gasteiger partial charge is 0.497 e. The van der Waals surface area contributed by atoms with Crippen LogP contribution < -0.4 is 16.2 Å². The Labute approximate surface area is 166 Å². The van der Waals surface area contributed by atoms with E-state index in [1.807, 2.05) is 18.2 Å². The average molecular weight is 404 g/mol. The number of hydrogen-bond acceptors (Lipinski definition) is 7.